The zero-order valence-electron chi connectivity index (χ0n) is 15.7. The summed E-state index contributed by atoms with van der Waals surface area (Å²) in [6.45, 7) is 0. The van der Waals surface area contributed by atoms with Gasteiger partial charge in [-0.25, -0.2) is 4.98 Å². The number of nitriles is 1. The number of benzene rings is 2. The lowest BCUT2D eigenvalue weighted by Gasteiger charge is -2.19. The average molecular weight is 382 g/mol. The van der Waals surface area contributed by atoms with Gasteiger partial charge in [0, 0.05) is 40.6 Å². The van der Waals surface area contributed by atoms with E-state index in [2.05, 4.69) is 21.4 Å². The molecule has 29 heavy (non-hydrogen) atoms. The van der Waals surface area contributed by atoms with E-state index in [0.29, 0.717) is 22.7 Å². The first-order valence-corrected chi connectivity index (χ1v) is 9.06. The summed E-state index contributed by atoms with van der Waals surface area (Å²) in [5.41, 5.74) is 3.51. The predicted octanol–water partition coefficient (Wildman–Crippen LogP) is 4.48. The molecule has 4 aromatic rings. The molecule has 0 spiro atoms. The number of hydrogen-bond donors (Lipinski definition) is 2. The van der Waals surface area contributed by atoms with Crippen molar-refractivity contribution in [1.29, 1.82) is 5.26 Å². The Morgan fingerprint density at radius 3 is 2.72 bits per heavy atom. The Morgan fingerprint density at radius 1 is 1.17 bits per heavy atom. The number of H-pyrrole nitrogens is 1. The van der Waals surface area contributed by atoms with Gasteiger partial charge in [0.15, 0.2) is 5.78 Å². The van der Waals surface area contributed by atoms with E-state index in [9.17, 15) is 4.79 Å². The second-order valence-corrected chi connectivity index (χ2v) is 6.51. The van der Waals surface area contributed by atoms with Gasteiger partial charge < -0.3 is 15.0 Å². The number of nitrogens with one attached hydrogen (secondary N) is 2. The molecule has 142 valence electrons. The molecule has 2 aromatic heterocycles. The van der Waals surface area contributed by atoms with Gasteiger partial charge >= 0.3 is 0 Å². The lowest BCUT2D eigenvalue weighted by molar-refractivity contribution is 0.0971. The number of pyridine rings is 1. The molecule has 6 nitrogen and oxygen atoms in total. The van der Waals surface area contributed by atoms with E-state index < -0.39 is 6.04 Å². The Balaban J connectivity index is 1.76. The van der Waals surface area contributed by atoms with E-state index in [1.807, 2.05) is 24.3 Å². The van der Waals surface area contributed by atoms with Gasteiger partial charge in [-0.1, -0.05) is 30.3 Å². The third kappa shape index (κ3) is 3.66. The van der Waals surface area contributed by atoms with Crippen LogP contribution in [0.5, 0.6) is 5.88 Å². The van der Waals surface area contributed by atoms with Gasteiger partial charge in [0.25, 0.3) is 0 Å². The predicted molar refractivity (Wildman–Crippen MR) is 111 cm³/mol. The molecule has 6 heteroatoms. The topological polar surface area (TPSA) is 90.8 Å². The van der Waals surface area contributed by atoms with Crippen molar-refractivity contribution in [3.05, 3.63) is 89.7 Å². The highest BCUT2D eigenvalue weighted by Gasteiger charge is 2.24. The standard InChI is InChI=1S/C23H18N4O2/c1-29-21-12-17(10-11-25-21)27-22(16-8-6-15(13-24)7-9-16)23(28)19-14-26-20-5-3-2-4-18(19)20/h2-12,14,22,26H,1H3,(H,25,27). The average Bonchev–Trinajstić information content (AvgIpc) is 3.21. The molecule has 0 aliphatic carbocycles. The van der Waals surface area contributed by atoms with Crippen molar-refractivity contribution in [2.75, 3.05) is 12.4 Å². The zero-order chi connectivity index (χ0) is 20.2. The Morgan fingerprint density at radius 2 is 1.97 bits per heavy atom. The fourth-order valence-corrected chi connectivity index (χ4v) is 3.26. The number of hydrogen-bond acceptors (Lipinski definition) is 5. The van der Waals surface area contributed by atoms with Crippen molar-refractivity contribution in [3.63, 3.8) is 0 Å². The summed E-state index contributed by atoms with van der Waals surface area (Å²) < 4.78 is 5.19. The van der Waals surface area contributed by atoms with Gasteiger partial charge in [-0.15, -0.1) is 0 Å². The van der Waals surface area contributed by atoms with Crippen LogP contribution in [0.2, 0.25) is 0 Å². The number of fused-ring (bicyclic) bond motifs is 1. The first-order valence-electron chi connectivity index (χ1n) is 9.06. The van der Waals surface area contributed by atoms with Gasteiger partial charge in [-0.2, -0.15) is 5.26 Å². The second-order valence-electron chi connectivity index (χ2n) is 6.51. The zero-order valence-corrected chi connectivity index (χ0v) is 15.7. The molecule has 2 heterocycles. The molecule has 0 aliphatic rings. The minimum Gasteiger partial charge on any atom is -0.481 e. The molecule has 0 bridgehead atoms. The fraction of sp³-hybridized carbons (Fsp3) is 0.0870. The Labute approximate surface area is 167 Å². The number of aromatic amines is 1. The summed E-state index contributed by atoms with van der Waals surface area (Å²) in [5, 5.41) is 13.2. The maximum Gasteiger partial charge on any atom is 0.214 e. The number of aromatic nitrogens is 2. The van der Waals surface area contributed by atoms with Crippen LogP contribution in [0.1, 0.15) is 27.5 Å². The second kappa shape index (κ2) is 7.87. The molecule has 4 rings (SSSR count). The van der Waals surface area contributed by atoms with Gasteiger partial charge in [-0.3, -0.25) is 4.79 Å². The van der Waals surface area contributed by atoms with E-state index in [-0.39, 0.29) is 5.78 Å². The number of ether oxygens (including phenoxy) is 1. The molecule has 0 aliphatic heterocycles. The Bertz CT molecular complexity index is 1210. The molecule has 1 unspecified atom stereocenters. The van der Waals surface area contributed by atoms with Crippen molar-refractivity contribution >= 4 is 22.4 Å². The maximum absolute atomic E-state index is 13.5. The highest BCUT2D eigenvalue weighted by atomic mass is 16.5. The first-order chi connectivity index (χ1) is 14.2. The molecule has 1 atom stereocenters. The minimum absolute atomic E-state index is 0.0806. The van der Waals surface area contributed by atoms with E-state index in [1.165, 1.54) is 0 Å². The number of Topliss-reactive ketones (excluding diaryl/α,β-unsaturated/α-hetero) is 1. The van der Waals surface area contributed by atoms with Crippen molar-refractivity contribution in [2.45, 2.75) is 6.04 Å². The number of para-hydroxylation sites is 1. The van der Waals surface area contributed by atoms with Crippen molar-refractivity contribution in [1.82, 2.24) is 9.97 Å². The largest absolute Gasteiger partial charge is 0.481 e. The van der Waals surface area contributed by atoms with Crippen LogP contribution in [0.15, 0.2) is 73.1 Å². The molecule has 0 radical (unpaired) electrons. The van der Waals surface area contributed by atoms with Crippen molar-refractivity contribution in [3.8, 4) is 11.9 Å². The maximum atomic E-state index is 13.5. The molecule has 2 aromatic carbocycles. The highest BCUT2D eigenvalue weighted by molar-refractivity contribution is 6.11. The summed E-state index contributed by atoms with van der Waals surface area (Å²) in [6.07, 6.45) is 3.35. The van der Waals surface area contributed by atoms with Crippen LogP contribution < -0.4 is 10.1 Å². The monoisotopic (exact) mass is 382 g/mol. The van der Waals surface area contributed by atoms with E-state index in [1.54, 1.807) is 55.9 Å². The minimum atomic E-state index is -0.644. The quantitative estimate of drug-likeness (QED) is 0.480. The van der Waals surface area contributed by atoms with Gasteiger partial charge in [0.05, 0.1) is 18.7 Å². The fourth-order valence-electron chi connectivity index (χ4n) is 3.26. The molecule has 0 amide bonds. The number of carbonyl (C=O) groups excluding carboxylic acids is 1. The number of carbonyl (C=O) groups is 1. The molecule has 2 N–H and O–H groups in total. The Kier molecular flexibility index (Phi) is 4.95. The van der Waals surface area contributed by atoms with Crippen LogP contribution in [0, 0.1) is 11.3 Å². The molecule has 0 saturated heterocycles. The SMILES string of the molecule is COc1cc(NC(C(=O)c2c[nH]c3ccccc23)c2ccc(C#N)cc2)ccn1. The smallest absolute Gasteiger partial charge is 0.214 e. The highest BCUT2D eigenvalue weighted by Crippen LogP contribution is 2.28. The van der Waals surface area contributed by atoms with Crippen molar-refractivity contribution < 1.29 is 9.53 Å². The molecule has 0 saturated carbocycles. The number of anilines is 1. The van der Waals surface area contributed by atoms with E-state index >= 15 is 0 Å². The van der Waals surface area contributed by atoms with Crippen molar-refractivity contribution in [2.24, 2.45) is 0 Å². The number of rotatable bonds is 6. The number of ketones is 1. The normalized spacial score (nSPS) is 11.6. The third-order valence-electron chi connectivity index (χ3n) is 4.74. The summed E-state index contributed by atoms with van der Waals surface area (Å²) in [7, 11) is 1.54. The summed E-state index contributed by atoms with van der Waals surface area (Å²) in [6, 6.07) is 19.7. The first kappa shape index (κ1) is 18.3. The summed E-state index contributed by atoms with van der Waals surface area (Å²) >= 11 is 0. The third-order valence-corrected chi connectivity index (χ3v) is 4.74. The van der Waals surface area contributed by atoms with Crippen LogP contribution in [0.3, 0.4) is 0 Å². The van der Waals surface area contributed by atoms with E-state index in [4.69, 9.17) is 10.00 Å². The van der Waals surface area contributed by atoms with Crippen LogP contribution in [-0.2, 0) is 0 Å². The molecular weight excluding hydrogens is 364 g/mol. The van der Waals surface area contributed by atoms with Gasteiger partial charge in [0.2, 0.25) is 5.88 Å². The van der Waals surface area contributed by atoms with Gasteiger partial charge in [0.1, 0.15) is 6.04 Å². The number of methoxy groups -OCH3 is 1. The lowest BCUT2D eigenvalue weighted by Crippen LogP contribution is -2.21. The Hall–Kier alpha value is -4.11. The van der Waals surface area contributed by atoms with Crippen LogP contribution in [0.4, 0.5) is 5.69 Å². The van der Waals surface area contributed by atoms with Crippen LogP contribution >= 0.6 is 0 Å². The number of nitrogens with zero attached hydrogens (tertiary/aromatic N) is 2. The summed E-state index contributed by atoms with van der Waals surface area (Å²) in [4.78, 5) is 20.8. The molecule has 0 fully saturated rings. The summed E-state index contributed by atoms with van der Waals surface area (Å²) in [5.74, 6) is 0.371. The van der Waals surface area contributed by atoms with Gasteiger partial charge in [-0.05, 0) is 29.8 Å². The molecular formula is C23H18N4O2. The lowest BCUT2D eigenvalue weighted by atomic mass is 9.96. The van der Waals surface area contributed by atoms with E-state index in [0.717, 1.165) is 16.5 Å². The van der Waals surface area contributed by atoms with Crippen LogP contribution in [-0.4, -0.2) is 22.9 Å². The van der Waals surface area contributed by atoms with Crippen LogP contribution in [0.25, 0.3) is 10.9 Å².